The van der Waals surface area contributed by atoms with Crippen molar-refractivity contribution in [3.05, 3.63) is 30.1 Å². The first kappa shape index (κ1) is 10.6. The predicted octanol–water partition coefficient (Wildman–Crippen LogP) is 1.39. The Morgan fingerprint density at radius 2 is 2.20 bits per heavy atom. The smallest absolute Gasteiger partial charge is 0.0599 e. The lowest BCUT2D eigenvalue weighted by molar-refractivity contribution is 0.0346. The predicted molar refractivity (Wildman–Crippen MR) is 59.8 cm³/mol. The number of rotatable bonds is 4. The minimum atomic E-state index is 0.454. The van der Waals surface area contributed by atoms with Crippen molar-refractivity contribution in [2.75, 3.05) is 19.7 Å². The molecule has 0 spiro atoms. The number of pyridine rings is 1. The third-order valence-corrected chi connectivity index (χ3v) is 2.72. The first-order valence-corrected chi connectivity index (χ1v) is 5.67. The van der Waals surface area contributed by atoms with Crippen LogP contribution >= 0.6 is 0 Å². The summed E-state index contributed by atoms with van der Waals surface area (Å²) < 4.78 is 5.81. The number of nitrogens with one attached hydrogen (secondary N) is 1. The Hall–Kier alpha value is -0.930. The SMILES string of the molecule is c1ccc(CCOC2CCNCC2)nc1. The van der Waals surface area contributed by atoms with Crippen molar-refractivity contribution in [3.8, 4) is 0 Å². The monoisotopic (exact) mass is 206 g/mol. The zero-order valence-corrected chi connectivity index (χ0v) is 8.98. The van der Waals surface area contributed by atoms with Crippen LogP contribution < -0.4 is 5.32 Å². The lowest BCUT2D eigenvalue weighted by Gasteiger charge is -2.22. The van der Waals surface area contributed by atoms with Gasteiger partial charge in [0, 0.05) is 18.3 Å². The molecule has 0 aromatic carbocycles. The van der Waals surface area contributed by atoms with E-state index in [-0.39, 0.29) is 0 Å². The molecule has 2 heterocycles. The Bertz CT molecular complexity index is 270. The number of hydrogen-bond donors (Lipinski definition) is 1. The van der Waals surface area contributed by atoms with Crippen LogP contribution in [0.4, 0.5) is 0 Å². The second-order valence-corrected chi connectivity index (χ2v) is 3.89. The molecule has 0 amide bonds. The van der Waals surface area contributed by atoms with Crippen LogP contribution in [0.5, 0.6) is 0 Å². The second-order valence-electron chi connectivity index (χ2n) is 3.89. The first-order chi connectivity index (χ1) is 7.45. The fourth-order valence-corrected chi connectivity index (χ4v) is 1.84. The Balaban J connectivity index is 1.66. The number of aromatic nitrogens is 1. The van der Waals surface area contributed by atoms with Crippen LogP contribution in [0.25, 0.3) is 0 Å². The molecule has 15 heavy (non-hydrogen) atoms. The third kappa shape index (κ3) is 3.61. The number of nitrogens with zero attached hydrogens (tertiary/aromatic N) is 1. The van der Waals surface area contributed by atoms with Crippen molar-refractivity contribution < 1.29 is 4.74 Å². The lowest BCUT2D eigenvalue weighted by atomic mass is 10.1. The summed E-state index contributed by atoms with van der Waals surface area (Å²) in [4.78, 5) is 4.27. The molecule has 0 aliphatic carbocycles. The largest absolute Gasteiger partial charge is 0.378 e. The maximum absolute atomic E-state index is 5.81. The molecule has 82 valence electrons. The molecule has 1 N–H and O–H groups in total. The average molecular weight is 206 g/mol. The number of piperidine rings is 1. The molecular weight excluding hydrogens is 188 g/mol. The Morgan fingerprint density at radius 3 is 2.93 bits per heavy atom. The fourth-order valence-electron chi connectivity index (χ4n) is 1.84. The Morgan fingerprint density at radius 1 is 1.33 bits per heavy atom. The third-order valence-electron chi connectivity index (χ3n) is 2.72. The summed E-state index contributed by atoms with van der Waals surface area (Å²) >= 11 is 0. The Kier molecular flexibility index (Phi) is 4.11. The van der Waals surface area contributed by atoms with Gasteiger partial charge in [-0.2, -0.15) is 0 Å². The van der Waals surface area contributed by atoms with Gasteiger partial charge in [-0.05, 0) is 38.1 Å². The van der Waals surface area contributed by atoms with Gasteiger partial charge in [-0.15, -0.1) is 0 Å². The van der Waals surface area contributed by atoms with E-state index in [0.717, 1.165) is 44.7 Å². The molecule has 1 aromatic heterocycles. The van der Waals surface area contributed by atoms with Gasteiger partial charge < -0.3 is 10.1 Å². The highest BCUT2D eigenvalue weighted by Gasteiger charge is 2.12. The Labute approximate surface area is 90.9 Å². The summed E-state index contributed by atoms with van der Waals surface area (Å²) in [6.07, 6.45) is 5.49. The normalized spacial score (nSPS) is 17.9. The van der Waals surface area contributed by atoms with E-state index in [1.54, 1.807) is 0 Å². The van der Waals surface area contributed by atoms with Crippen LogP contribution in [0.2, 0.25) is 0 Å². The van der Waals surface area contributed by atoms with Gasteiger partial charge in [-0.3, -0.25) is 4.98 Å². The van der Waals surface area contributed by atoms with Crippen LogP contribution in [0.3, 0.4) is 0 Å². The van der Waals surface area contributed by atoms with Crippen LogP contribution in [0.15, 0.2) is 24.4 Å². The molecule has 1 saturated heterocycles. The van der Waals surface area contributed by atoms with E-state index in [4.69, 9.17) is 4.74 Å². The molecule has 0 unspecified atom stereocenters. The first-order valence-electron chi connectivity index (χ1n) is 5.67. The molecule has 0 atom stereocenters. The lowest BCUT2D eigenvalue weighted by Crippen LogP contribution is -2.32. The molecule has 0 radical (unpaired) electrons. The molecule has 0 saturated carbocycles. The summed E-state index contributed by atoms with van der Waals surface area (Å²) in [5.41, 5.74) is 1.12. The molecule has 3 nitrogen and oxygen atoms in total. The molecule has 3 heteroatoms. The molecule has 1 fully saturated rings. The van der Waals surface area contributed by atoms with E-state index >= 15 is 0 Å². The molecule has 1 aromatic rings. The molecular formula is C12H18N2O. The molecule has 1 aliphatic rings. The van der Waals surface area contributed by atoms with Crippen LogP contribution in [0, 0.1) is 0 Å². The van der Waals surface area contributed by atoms with E-state index in [1.165, 1.54) is 0 Å². The highest BCUT2D eigenvalue weighted by molar-refractivity contribution is 5.03. The topological polar surface area (TPSA) is 34.1 Å². The van der Waals surface area contributed by atoms with Gasteiger partial charge in [0.25, 0.3) is 0 Å². The zero-order valence-electron chi connectivity index (χ0n) is 8.98. The minimum Gasteiger partial charge on any atom is -0.378 e. The number of ether oxygens (including phenoxy) is 1. The van der Waals surface area contributed by atoms with E-state index < -0.39 is 0 Å². The van der Waals surface area contributed by atoms with Crippen molar-refractivity contribution in [1.29, 1.82) is 0 Å². The summed E-state index contributed by atoms with van der Waals surface area (Å²) in [5, 5.41) is 3.33. The van der Waals surface area contributed by atoms with Gasteiger partial charge in [-0.1, -0.05) is 6.07 Å². The van der Waals surface area contributed by atoms with E-state index in [9.17, 15) is 0 Å². The quantitative estimate of drug-likeness (QED) is 0.808. The molecule has 2 rings (SSSR count). The molecule has 0 bridgehead atoms. The van der Waals surface area contributed by atoms with E-state index in [2.05, 4.69) is 10.3 Å². The second kappa shape index (κ2) is 5.83. The summed E-state index contributed by atoms with van der Waals surface area (Å²) in [6, 6.07) is 6.01. The maximum Gasteiger partial charge on any atom is 0.0599 e. The van der Waals surface area contributed by atoms with Crippen LogP contribution in [0.1, 0.15) is 18.5 Å². The number of hydrogen-bond acceptors (Lipinski definition) is 3. The van der Waals surface area contributed by atoms with E-state index in [0.29, 0.717) is 6.10 Å². The maximum atomic E-state index is 5.81. The van der Waals surface area contributed by atoms with Crippen molar-refractivity contribution in [3.63, 3.8) is 0 Å². The van der Waals surface area contributed by atoms with Gasteiger partial charge in [0.05, 0.1) is 12.7 Å². The minimum absolute atomic E-state index is 0.454. The van der Waals surface area contributed by atoms with Gasteiger partial charge in [0.2, 0.25) is 0 Å². The standard InChI is InChI=1S/C12H18N2O/c1-2-7-14-11(3-1)6-10-15-12-4-8-13-9-5-12/h1-3,7,12-13H,4-6,8-10H2. The summed E-state index contributed by atoms with van der Waals surface area (Å²) in [6.45, 7) is 2.98. The van der Waals surface area contributed by atoms with E-state index in [1.807, 2.05) is 24.4 Å². The van der Waals surface area contributed by atoms with Crippen molar-refractivity contribution in [1.82, 2.24) is 10.3 Å². The van der Waals surface area contributed by atoms with Crippen molar-refractivity contribution in [2.24, 2.45) is 0 Å². The summed E-state index contributed by atoms with van der Waals surface area (Å²) in [5.74, 6) is 0. The van der Waals surface area contributed by atoms with Gasteiger partial charge in [-0.25, -0.2) is 0 Å². The van der Waals surface area contributed by atoms with Crippen LogP contribution in [-0.4, -0.2) is 30.8 Å². The van der Waals surface area contributed by atoms with Crippen molar-refractivity contribution >= 4 is 0 Å². The highest BCUT2D eigenvalue weighted by atomic mass is 16.5. The summed E-state index contributed by atoms with van der Waals surface area (Å²) in [7, 11) is 0. The molecule has 1 aliphatic heterocycles. The van der Waals surface area contributed by atoms with Crippen LogP contribution in [-0.2, 0) is 11.2 Å². The fraction of sp³-hybridized carbons (Fsp3) is 0.583. The van der Waals surface area contributed by atoms with Gasteiger partial charge in [0.1, 0.15) is 0 Å². The van der Waals surface area contributed by atoms with Gasteiger partial charge in [0.15, 0.2) is 0 Å². The van der Waals surface area contributed by atoms with Gasteiger partial charge >= 0.3 is 0 Å². The average Bonchev–Trinajstić information content (AvgIpc) is 2.32. The zero-order chi connectivity index (χ0) is 10.3. The highest BCUT2D eigenvalue weighted by Crippen LogP contribution is 2.07. The van der Waals surface area contributed by atoms with Crippen molar-refractivity contribution in [2.45, 2.75) is 25.4 Å².